The van der Waals surface area contributed by atoms with Gasteiger partial charge < -0.3 is 0 Å². The van der Waals surface area contributed by atoms with Crippen molar-refractivity contribution in [3.8, 4) is 5.69 Å². The Morgan fingerprint density at radius 3 is 2.69 bits per heavy atom. The third kappa shape index (κ3) is 2.00. The average Bonchev–Trinajstić information content (AvgIpc) is 2.78. The van der Waals surface area contributed by atoms with Crippen molar-refractivity contribution in [2.45, 2.75) is 13.3 Å². The number of ketones is 1. The Morgan fingerprint density at radius 2 is 2.06 bits per heavy atom. The number of aromatic nitrogens is 2. The van der Waals surface area contributed by atoms with Crippen LogP contribution >= 0.6 is 0 Å². The summed E-state index contributed by atoms with van der Waals surface area (Å²) < 4.78 is 14.3. The van der Waals surface area contributed by atoms with Gasteiger partial charge in [-0.1, -0.05) is 6.92 Å². The first-order valence-electron chi connectivity index (χ1n) is 5.04. The zero-order valence-corrected chi connectivity index (χ0v) is 8.85. The molecule has 0 aliphatic heterocycles. The van der Waals surface area contributed by atoms with Crippen LogP contribution in [0.2, 0.25) is 0 Å². The van der Waals surface area contributed by atoms with E-state index in [9.17, 15) is 9.18 Å². The molecule has 2 aromatic rings. The van der Waals surface area contributed by atoms with Crippen LogP contribution in [0, 0.1) is 5.82 Å². The number of carbonyl (C=O) groups is 1. The van der Waals surface area contributed by atoms with Crippen LogP contribution in [0.15, 0.2) is 36.7 Å². The van der Waals surface area contributed by atoms with Gasteiger partial charge in [-0.2, -0.15) is 5.10 Å². The van der Waals surface area contributed by atoms with Gasteiger partial charge in [0.15, 0.2) is 5.78 Å². The number of hydrogen-bond donors (Lipinski definition) is 0. The minimum Gasteiger partial charge on any atom is -0.294 e. The van der Waals surface area contributed by atoms with Crippen LogP contribution in [0.5, 0.6) is 0 Å². The summed E-state index contributed by atoms with van der Waals surface area (Å²) in [7, 11) is 0. The molecule has 0 amide bonds. The van der Waals surface area contributed by atoms with E-state index in [4.69, 9.17) is 0 Å². The molecule has 0 fully saturated rings. The molecular weight excluding hydrogens is 207 g/mol. The highest BCUT2D eigenvalue weighted by molar-refractivity contribution is 5.95. The van der Waals surface area contributed by atoms with E-state index >= 15 is 0 Å². The van der Waals surface area contributed by atoms with Crippen molar-refractivity contribution in [2.75, 3.05) is 0 Å². The molecular formula is C12H11FN2O. The SMILES string of the molecule is CCC(=O)c1cnn(-c2ccc(F)cc2)c1. The van der Waals surface area contributed by atoms with Gasteiger partial charge in [0.25, 0.3) is 0 Å². The molecule has 0 saturated heterocycles. The summed E-state index contributed by atoms with van der Waals surface area (Å²) in [4.78, 5) is 11.4. The molecule has 2 rings (SSSR count). The van der Waals surface area contributed by atoms with E-state index in [1.54, 1.807) is 29.9 Å². The lowest BCUT2D eigenvalue weighted by atomic mass is 10.2. The second-order valence-corrected chi connectivity index (χ2v) is 3.43. The van der Waals surface area contributed by atoms with E-state index in [-0.39, 0.29) is 11.6 Å². The van der Waals surface area contributed by atoms with Crippen molar-refractivity contribution < 1.29 is 9.18 Å². The molecule has 0 unspecified atom stereocenters. The quantitative estimate of drug-likeness (QED) is 0.742. The Kier molecular flexibility index (Phi) is 2.81. The fourth-order valence-electron chi connectivity index (χ4n) is 1.41. The standard InChI is InChI=1S/C12H11FN2O/c1-2-12(16)9-7-14-15(8-9)11-5-3-10(13)4-6-11/h3-8H,2H2,1H3. The average molecular weight is 218 g/mol. The number of nitrogens with zero attached hydrogens (tertiary/aromatic N) is 2. The van der Waals surface area contributed by atoms with Gasteiger partial charge in [-0.25, -0.2) is 9.07 Å². The molecule has 0 atom stereocenters. The molecule has 1 aromatic carbocycles. The van der Waals surface area contributed by atoms with Crippen molar-refractivity contribution in [2.24, 2.45) is 0 Å². The fourth-order valence-corrected chi connectivity index (χ4v) is 1.41. The summed E-state index contributed by atoms with van der Waals surface area (Å²) in [6, 6.07) is 5.95. The highest BCUT2D eigenvalue weighted by atomic mass is 19.1. The molecule has 1 aromatic heterocycles. The zero-order valence-electron chi connectivity index (χ0n) is 8.85. The summed E-state index contributed by atoms with van der Waals surface area (Å²) in [5, 5.41) is 4.06. The maximum absolute atomic E-state index is 12.7. The van der Waals surface area contributed by atoms with Crippen LogP contribution < -0.4 is 0 Å². The number of halogens is 1. The molecule has 0 aliphatic rings. The van der Waals surface area contributed by atoms with Crippen molar-refractivity contribution in [3.05, 3.63) is 48.0 Å². The molecule has 82 valence electrons. The third-order valence-electron chi connectivity index (χ3n) is 2.32. The second kappa shape index (κ2) is 4.26. The van der Waals surface area contributed by atoms with E-state index in [1.807, 2.05) is 0 Å². The minimum absolute atomic E-state index is 0.0494. The lowest BCUT2D eigenvalue weighted by Gasteiger charge is -1.99. The Balaban J connectivity index is 2.31. The normalized spacial score (nSPS) is 10.4. The minimum atomic E-state index is -0.291. The molecule has 0 saturated carbocycles. The van der Waals surface area contributed by atoms with Gasteiger partial charge in [0.05, 0.1) is 17.4 Å². The van der Waals surface area contributed by atoms with Gasteiger partial charge in [0.1, 0.15) is 5.82 Å². The number of Topliss-reactive ketones (excluding diaryl/α,β-unsaturated/α-hetero) is 1. The number of carbonyl (C=O) groups excluding carboxylic acids is 1. The highest BCUT2D eigenvalue weighted by Crippen LogP contribution is 2.10. The topological polar surface area (TPSA) is 34.9 Å². The maximum Gasteiger partial charge on any atom is 0.165 e. The molecule has 4 heteroatoms. The predicted octanol–water partition coefficient (Wildman–Crippen LogP) is 2.60. The first-order valence-corrected chi connectivity index (χ1v) is 5.04. The summed E-state index contributed by atoms with van der Waals surface area (Å²) in [5.41, 5.74) is 1.31. The first-order chi connectivity index (χ1) is 7.70. The van der Waals surface area contributed by atoms with Crippen LogP contribution in [-0.2, 0) is 0 Å². The molecule has 16 heavy (non-hydrogen) atoms. The molecule has 0 aliphatic carbocycles. The summed E-state index contributed by atoms with van der Waals surface area (Å²) in [6.45, 7) is 1.80. The van der Waals surface area contributed by atoms with E-state index in [1.165, 1.54) is 18.3 Å². The highest BCUT2D eigenvalue weighted by Gasteiger charge is 2.06. The molecule has 1 heterocycles. The third-order valence-corrected chi connectivity index (χ3v) is 2.32. The van der Waals surface area contributed by atoms with Crippen molar-refractivity contribution >= 4 is 5.78 Å². The summed E-state index contributed by atoms with van der Waals surface area (Å²) in [6.07, 6.45) is 3.63. The van der Waals surface area contributed by atoms with Gasteiger partial charge in [-0.3, -0.25) is 4.79 Å². The smallest absolute Gasteiger partial charge is 0.165 e. The van der Waals surface area contributed by atoms with Crippen LogP contribution in [0.3, 0.4) is 0 Å². The second-order valence-electron chi connectivity index (χ2n) is 3.43. The molecule has 0 spiro atoms. The van der Waals surface area contributed by atoms with Crippen molar-refractivity contribution in [3.63, 3.8) is 0 Å². The Hall–Kier alpha value is -1.97. The lowest BCUT2D eigenvalue weighted by Crippen LogP contribution is -1.95. The summed E-state index contributed by atoms with van der Waals surface area (Å²) in [5.74, 6) is -0.242. The van der Waals surface area contributed by atoms with Gasteiger partial charge in [-0.05, 0) is 24.3 Å². The first kappa shape index (κ1) is 10.5. The van der Waals surface area contributed by atoms with Crippen LogP contribution in [-0.4, -0.2) is 15.6 Å². The van der Waals surface area contributed by atoms with E-state index in [0.29, 0.717) is 12.0 Å². The van der Waals surface area contributed by atoms with E-state index in [2.05, 4.69) is 5.10 Å². The molecule has 0 bridgehead atoms. The number of benzene rings is 1. The van der Waals surface area contributed by atoms with Crippen molar-refractivity contribution in [1.82, 2.24) is 9.78 Å². The number of rotatable bonds is 3. The molecule has 3 nitrogen and oxygen atoms in total. The van der Waals surface area contributed by atoms with Crippen LogP contribution in [0.4, 0.5) is 4.39 Å². The van der Waals surface area contributed by atoms with E-state index < -0.39 is 0 Å². The predicted molar refractivity (Wildman–Crippen MR) is 58.1 cm³/mol. The van der Waals surface area contributed by atoms with Gasteiger partial charge in [0, 0.05) is 12.6 Å². The van der Waals surface area contributed by atoms with E-state index in [0.717, 1.165) is 5.69 Å². The fraction of sp³-hybridized carbons (Fsp3) is 0.167. The van der Waals surface area contributed by atoms with Crippen LogP contribution in [0.1, 0.15) is 23.7 Å². The lowest BCUT2D eigenvalue weighted by molar-refractivity contribution is 0.0988. The Labute approximate surface area is 92.5 Å². The number of hydrogen-bond acceptors (Lipinski definition) is 2. The maximum atomic E-state index is 12.7. The molecule has 0 radical (unpaired) electrons. The van der Waals surface area contributed by atoms with Crippen LogP contribution in [0.25, 0.3) is 5.69 Å². The molecule has 0 N–H and O–H groups in total. The van der Waals surface area contributed by atoms with Gasteiger partial charge in [0.2, 0.25) is 0 Å². The van der Waals surface area contributed by atoms with Crippen molar-refractivity contribution in [1.29, 1.82) is 0 Å². The Bertz CT molecular complexity index is 502. The Morgan fingerprint density at radius 1 is 1.38 bits per heavy atom. The monoisotopic (exact) mass is 218 g/mol. The van der Waals surface area contributed by atoms with Gasteiger partial charge in [-0.15, -0.1) is 0 Å². The van der Waals surface area contributed by atoms with Gasteiger partial charge >= 0.3 is 0 Å². The zero-order chi connectivity index (χ0) is 11.5. The largest absolute Gasteiger partial charge is 0.294 e. The summed E-state index contributed by atoms with van der Waals surface area (Å²) >= 11 is 0.